The minimum atomic E-state index is -0.982. The van der Waals surface area contributed by atoms with Crippen LogP contribution in [0, 0.1) is 17.1 Å². The van der Waals surface area contributed by atoms with E-state index in [-0.39, 0.29) is 12.2 Å². The minimum Gasteiger partial charge on any atom is -0.489 e. The van der Waals surface area contributed by atoms with Crippen LogP contribution < -0.4 is 4.74 Å². The highest BCUT2D eigenvalue weighted by atomic mass is 19.1. The Labute approximate surface area is 161 Å². The number of rotatable bonds is 6. The summed E-state index contributed by atoms with van der Waals surface area (Å²) in [7, 11) is 0. The lowest BCUT2D eigenvalue weighted by Gasteiger charge is -2.07. The number of carbonyl (C=O) groups is 1. The number of carboxylic acid groups (broad SMARTS) is 1. The van der Waals surface area contributed by atoms with Gasteiger partial charge in [0, 0.05) is 0 Å². The maximum Gasteiger partial charge on any atom is 0.335 e. The molecule has 0 radical (unpaired) electrons. The fraction of sp³-hybridized carbons (Fsp3) is 0.0435. The van der Waals surface area contributed by atoms with Gasteiger partial charge in [-0.05, 0) is 59.2 Å². The van der Waals surface area contributed by atoms with Crippen molar-refractivity contribution >= 4 is 17.6 Å². The summed E-state index contributed by atoms with van der Waals surface area (Å²) in [6, 6.07) is 21.6. The third-order valence-corrected chi connectivity index (χ3v) is 4.03. The van der Waals surface area contributed by atoms with Gasteiger partial charge in [-0.3, -0.25) is 0 Å². The summed E-state index contributed by atoms with van der Waals surface area (Å²) >= 11 is 0. The Morgan fingerprint density at radius 3 is 2.43 bits per heavy atom. The van der Waals surface area contributed by atoms with E-state index in [1.165, 1.54) is 18.2 Å². The Morgan fingerprint density at radius 2 is 1.75 bits per heavy atom. The predicted molar refractivity (Wildman–Crippen MR) is 104 cm³/mol. The van der Waals surface area contributed by atoms with Gasteiger partial charge in [-0.15, -0.1) is 0 Å². The molecule has 4 nitrogen and oxygen atoms in total. The topological polar surface area (TPSA) is 70.3 Å². The van der Waals surface area contributed by atoms with Crippen LogP contribution in [0.5, 0.6) is 5.75 Å². The van der Waals surface area contributed by atoms with Gasteiger partial charge in [0.1, 0.15) is 18.2 Å². The van der Waals surface area contributed by atoms with Gasteiger partial charge < -0.3 is 9.84 Å². The zero-order valence-electron chi connectivity index (χ0n) is 14.8. The molecule has 0 aromatic heterocycles. The van der Waals surface area contributed by atoms with Crippen LogP contribution in [-0.2, 0) is 6.61 Å². The van der Waals surface area contributed by atoms with E-state index < -0.39 is 11.8 Å². The molecular weight excluding hydrogens is 357 g/mol. The molecule has 0 aliphatic heterocycles. The average Bonchev–Trinajstić information content (AvgIpc) is 2.71. The number of hydrogen-bond acceptors (Lipinski definition) is 3. The second kappa shape index (κ2) is 8.65. The highest BCUT2D eigenvalue weighted by molar-refractivity contribution is 5.89. The third-order valence-electron chi connectivity index (χ3n) is 4.03. The fourth-order valence-electron chi connectivity index (χ4n) is 2.62. The number of nitriles is 1. The molecule has 0 bridgehead atoms. The van der Waals surface area contributed by atoms with Crippen LogP contribution in [0.2, 0.25) is 0 Å². The first-order valence-electron chi connectivity index (χ1n) is 8.48. The fourth-order valence-corrected chi connectivity index (χ4v) is 2.62. The van der Waals surface area contributed by atoms with Gasteiger partial charge in [-0.2, -0.15) is 5.26 Å². The van der Waals surface area contributed by atoms with E-state index in [9.17, 15) is 14.4 Å². The van der Waals surface area contributed by atoms with Crippen molar-refractivity contribution in [3.63, 3.8) is 0 Å². The number of halogens is 1. The molecule has 0 heterocycles. The van der Waals surface area contributed by atoms with Crippen LogP contribution in [0.1, 0.15) is 27.0 Å². The molecule has 0 atom stereocenters. The van der Waals surface area contributed by atoms with E-state index in [4.69, 9.17) is 9.84 Å². The van der Waals surface area contributed by atoms with Crippen molar-refractivity contribution < 1.29 is 19.0 Å². The summed E-state index contributed by atoms with van der Waals surface area (Å²) in [6.45, 7) is 0.239. The number of nitrogens with zero attached hydrogens (tertiary/aromatic N) is 1. The Hall–Kier alpha value is -3.91. The van der Waals surface area contributed by atoms with E-state index >= 15 is 0 Å². The molecule has 0 saturated carbocycles. The summed E-state index contributed by atoms with van der Waals surface area (Å²) in [5, 5.41) is 18.4. The molecule has 0 amide bonds. The first kappa shape index (κ1) is 18.9. The molecular formula is C23H16FNO3. The van der Waals surface area contributed by atoms with Crippen LogP contribution in [0.4, 0.5) is 4.39 Å². The molecule has 0 unspecified atom stereocenters. The van der Waals surface area contributed by atoms with Crippen molar-refractivity contribution in [3.8, 4) is 11.8 Å². The first-order valence-corrected chi connectivity index (χ1v) is 8.48. The predicted octanol–water partition coefficient (Wildman–Crippen LogP) is 5.17. The maximum absolute atomic E-state index is 13.4. The van der Waals surface area contributed by atoms with E-state index in [2.05, 4.69) is 6.07 Å². The molecule has 3 rings (SSSR count). The van der Waals surface area contributed by atoms with Gasteiger partial charge in [0.25, 0.3) is 0 Å². The SMILES string of the molecule is N#C/C(=C/c1ccc(OCc2cccc(C(=O)O)c2)cc1)c1cccc(F)c1. The van der Waals surface area contributed by atoms with Crippen LogP contribution in [0.15, 0.2) is 72.8 Å². The van der Waals surface area contributed by atoms with E-state index in [1.54, 1.807) is 60.7 Å². The van der Waals surface area contributed by atoms with Gasteiger partial charge in [-0.25, -0.2) is 9.18 Å². The standard InChI is InChI=1S/C23H16FNO3/c24-21-6-2-4-18(13-21)20(14-25)11-16-7-9-22(10-8-16)28-15-17-3-1-5-19(12-17)23(26)27/h1-13H,15H2,(H,26,27)/b20-11-. The Morgan fingerprint density at radius 1 is 1.04 bits per heavy atom. The highest BCUT2D eigenvalue weighted by Crippen LogP contribution is 2.21. The quantitative estimate of drug-likeness (QED) is 0.478. The van der Waals surface area contributed by atoms with Crippen molar-refractivity contribution in [1.29, 1.82) is 5.26 Å². The van der Waals surface area contributed by atoms with E-state index in [1.807, 2.05) is 0 Å². The number of aromatic carboxylic acids is 1. The van der Waals surface area contributed by atoms with Gasteiger partial charge in [0.15, 0.2) is 0 Å². The van der Waals surface area contributed by atoms with Crippen molar-refractivity contribution in [3.05, 3.63) is 101 Å². The molecule has 3 aromatic rings. The maximum atomic E-state index is 13.4. The number of carboxylic acids is 1. The van der Waals surface area contributed by atoms with Gasteiger partial charge in [-0.1, -0.05) is 36.4 Å². The van der Waals surface area contributed by atoms with Crippen molar-refractivity contribution in [2.45, 2.75) is 6.61 Å². The molecule has 0 aliphatic carbocycles. The highest BCUT2D eigenvalue weighted by Gasteiger charge is 2.05. The summed E-state index contributed by atoms with van der Waals surface area (Å²) in [5.41, 5.74) is 2.62. The number of hydrogen-bond donors (Lipinski definition) is 1. The second-order valence-corrected chi connectivity index (χ2v) is 6.04. The zero-order valence-corrected chi connectivity index (χ0v) is 14.8. The van der Waals surface area contributed by atoms with E-state index in [0.717, 1.165) is 11.1 Å². The largest absolute Gasteiger partial charge is 0.489 e. The van der Waals surface area contributed by atoms with Crippen LogP contribution in [-0.4, -0.2) is 11.1 Å². The van der Waals surface area contributed by atoms with Crippen LogP contribution >= 0.6 is 0 Å². The number of benzene rings is 3. The van der Waals surface area contributed by atoms with Crippen molar-refractivity contribution in [1.82, 2.24) is 0 Å². The van der Waals surface area contributed by atoms with Gasteiger partial charge >= 0.3 is 5.97 Å². The lowest BCUT2D eigenvalue weighted by molar-refractivity contribution is 0.0696. The van der Waals surface area contributed by atoms with Gasteiger partial charge in [0.2, 0.25) is 0 Å². The average molecular weight is 373 g/mol. The first-order chi connectivity index (χ1) is 13.5. The minimum absolute atomic E-state index is 0.211. The van der Waals surface area contributed by atoms with Crippen molar-refractivity contribution in [2.75, 3.05) is 0 Å². The Balaban J connectivity index is 1.70. The molecule has 0 fully saturated rings. The van der Waals surface area contributed by atoms with Crippen LogP contribution in [0.25, 0.3) is 11.6 Å². The van der Waals surface area contributed by atoms with Crippen molar-refractivity contribution in [2.24, 2.45) is 0 Å². The van der Waals surface area contributed by atoms with Crippen LogP contribution in [0.3, 0.4) is 0 Å². The lowest BCUT2D eigenvalue weighted by Crippen LogP contribution is -2.00. The second-order valence-electron chi connectivity index (χ2n) is 6.04. The Bertz CT molecular complexity index is 1070. The zero-order chi connectivity index (χ0) is 19.9. The third kappa shape index (κ3) is 4.83. The normalized spacial score (nSPS) is 10.9. The Kier molecular flexibility index (Phi) is 5.83. The number of allylic oxidation sites excluding steroid dienone is 1. The van der Waals surface area contributed by atoms with E-state index in [0.29, 0.717) is 16.9 Å². The summed E-state index contributed by atoms with van der Waals surface area (Å²) in [6.07, 6.45) is 1.68. The molecule has 0 spiro atoms. The smallest absolute Gasteiger partial charge is 0.335 e. The monoisotopic (exact) mass is 373 g/mol. The summed E-state index contributed by atoms with van der Waals surface area (Å²) < 4.78 is 19.0. The lowest BCUT2D eigenvalue weighted by atomic mass is 10.0. The molecule has 5 heteroatoms. The molecule has 0 aliphatic rings. The number of ether oxygens (including phenoxy) is 1. The molecule has 28 heavy (non-hydrogen) atoms. The molecule has 1 N–H and O–H groups in total. The summed E-state index contributed by atoms with van der Waals surface area (Å²) in [4.78, 5) is 11.0. The molecule has 138 valence electrons. The molecule has 3 aromatic carbocycles. The molecule has 0 saturated heterocycles. The van der Waals surface area contributed by atoms with Gasteiger partial charge in [0.05, 0.1) is 17.2 Å². The summed E-state index contributed by atoms with van der Waals surface area (Å²) in [5.74, 6) is -0.763.